The maximum atomic E-state index is 4.01. The predicted molar refractivity (Wildman–Crippen MR) is 57.9 cm³/mol. The molecule has 1 N–H and O–H groups in total. The molecule has 0 radical (unpaired) electrons. The normalized spacial score (nSPS) is 17.0. The first-order valence-electron chi connectivity index (χ1n) is 5.32. The van der Waals surface area contributed by atoms with Crippen molar-refractivity contribution in [2.24, 2.45) is 5.92 Å². The van der Waals surface area contributed by atoms with E-state index in [1.807, 2.05) is 12.4 Å². The zero-order valence-corrected chi connectivity index (χ0v) is 8.96. The fraction of sp³-hybridized carbons (Fsp3) is 0.583. The lowest BCUT2D eigenvalue weighted by Gasteiger charge is -2.26. The Labute approximate surface area is 85.7 Å². The molecule has 1 aromatic heterocycles. The summed E-state index contributed by atoms with van der Waals surface area (Å²) < 4.78 is 0. The largest absolute Gasteiger partial charge is 0.307 e. The minimum Gasteiger partial charge on any atom is -0.307 e. The number of hydrogen-bond acceptors (Lipinski definition) is 2. The van der Waals surface area contributed by atoms with Crippen molar-refractivity contribution in [3.8, 4) is 0 Å². The number of aromatic nitrogens is 1. The highest BCUT2D eigenvalue weighted by Crippen LogP contribution is 2.39. The number of nitrogens with zero attached hydrogens (tertiary/aromatic N) is 1. The second kappa shape index (κ2) is 3.70. The lowest BCUT2D eigenvalue weighted by atomic mass is 9.98. The molecule has 2 rings (SSSR count). The monoisotopic (exact) mass is 190 g/mol. The Bertz CT molecular complexity index is 288. The smallest absolute Gasteiger partial charge is 0.0271 e. The van der Waals surface area contributed by atoms with Crippen LogP contribution in [-0.4, -0.2) is 10.5 Å². The second-order valence-electron chi connectivity index (χ2n) is 4.70. The number of rotatable bonds is 4. The molecule has 1 aliphatic carbocycles. The summed E-state index contributed by atoms with van der Waals surface area (Å²) in [7, 11) is 0. The Morgan fingerprint density at radius 1 is 1.36 bits per heavy atom. The molecule has 0 atom stereocenters. The minimum absolute atomic E-state index is 0.295. The molecule has 0 unspecified atom stereocenters. The van der Waals surface area contributed by atoms with Gasteiger partial charge in [0.2, 0.25) is 0 Å². The molecule has 2 heteroatoms. The topological polar surface area (TPSA) is 24.9 Å². The van der Waals surface area contributed by atoms with Crippen molar-refractivity contribution < 1.29 is 0 Å². The first-order chi connectivity index (χ1) is 6.68. The Morgan fingerprint density at radius 3 is 2.57 bits per heavy atom. The van der Waals surface area contributed by atoms with Gasteiger partial charge in [0.05, 0.1) is 0 Å². The van der Waals surface area contributed by atoms with E-state index in [2.05, 4.69) is 36.3 Å². The van der Waals surface area contributed by atoms with Gasteiger partial charge in [-0.25, -0.2) is 0 Å². The average molecular weight is 190 g/mol. The van der Waals surface area contributed by atoms with E-state index in [1.54, 1.807) is 0 Å². The highest BCUT2D eigenvalue weighted by molar-refractivity contribution is 5.10. The predicted octanol–water partition coefficient (Wildman–Crippen LogP) is 2.36. The third-order valence-corrected chi connectivity index (χ3v) is 3.10. The van der Waals surface area contributed by atoms with Gasteiger partial charge >= 0.3 is 0 Å². The summed E-state index contributed by atoms with van der Waals surface area (Å²) in [4.78, 5) is 4.01. The molecule has 0 bridgehead atoms. The van der Waals surface area contributed by atoms with Crippen LogP contribution >= 0.6 is 0 Å². The van der Waals surface area contributed by atoms with Crippen LogP contribution < -0.4 is 5.32 Å². The molecule has 0 aliphatic heterocycles. The van der Waals surface area contributed by atoms with Gasteiger partial charge in [0.1, 0.15) is 0 Å². The van der Waals surface area contributed by atoms with Crippen molar-refractivity contribution in [2.45, 2.75) is 38.8 Å². The molecule has 0 spiro atoms. The van der Waals surface area contributed by atoms with Crippen molar-refractivity contribution in [3.63, 3.8) is 0 Å². The van der Waals surface area contributed by atoms with Crippen molar-refractivity contribution in [2.75, 3.05) is 0 Å². The standard InChI is InChI=1S/C12H18N2/c1-12(2,11-3-4-11)14-9-10-5-7-13-8-6-10/h5-8,11,14H,3-4,9H2,1-2H3. The molecule has 1 aliphatic rings. The van der Waals surface area contributed by atoms with Crippen molar-refractivity contribution in [1.29, 1.82) is 0 Å². The summed E-state index contributed by atoms with van der Waals surface area (Å²) >= 11 is 0. The molecule has 2 nitrogen and oxygen atoms in total. The zero-order valence-electron chi connectivity index (χ0n) is 8.96. The Kier molecular flexibility index (Phi) is 2.55. The average Bonchev–Trinajstić information content (AvgIpc) is 3.00. The van der Waals surface area contributed by atoms with Gasteiger partial charge in [0.25, 0.3) is 0 Å². The molecule has 1 saturated carbocycles. The maximum absolute atomic E-state index is 4.01. The van der Waals surface area contributed by atoms with Crippen LogP contribution in [-0.2, 0) is 6.54 Å². The lowest BCUT2D eigenvalue weighted by molar-refractivity contribution is 0.339. The SMILES string of the molecule is CC(C)(NCc1ccncc1)C1CC1. The summed E-state index contributed by atoms with van der Waals surface area (Å²) in [5, 5.41) is 3.61. The highest BCUT2D eigenvalue weighted by atomic mass is 15.0. The first kappa shape index (κ1) is 9.66. The highest BCUT2D eigenvalue weighted by Gasteiger charge is 2.36. The Hall–Kier alpha value is -0.890. The van der Waals surface area contributed by atoms with Crippen LogP contribution in [0.1, 0.15) is 32.3 Å². The third kappa shape index (κ3) is 2.32. The van der Waals surface area contributed by atoms with Gasteiger partial charge in [-0.2, -0.15) is 0 Å². The van der Waals surface area contributed by atoms with Gasteiger partial charge in [-0.15, -0.1) is 0 Å². The summed E-state index contributed by atoms with van der Waals surface area (Å²) in [6.45, 7) is 5.55. The van der Waals surface area contributed by atoms with E-state index in [0.717, 1.165) is 12.5 Å². The first-order valence-corrected chi connectivity index (χ1v) is 5.32. The van der Waals surface area contributed by atoms with E-state index in [0.29, 0.717) is 5.54 Å². The van der Waals surface area contributed by atoms with Crippen molar-refractivity contribution in [3.05, 3.63) is 30.1 Å². The number of pyridine rings is 1. The van der Waals surface area contributed by atoms with Gasteiger partial charge in [-0.1, -0.05) is 0 Å². The van der Waals surface area contributed by atoms with Gasteiger partial charge < -0.3 is 5.32 Å². The Morgan fingerprint density at radius 2 is 2.00 bits per heavy atom. The van der Waals surface area contributed by atoms with E-state index in [1.165, 1.54) is 18.4 Å². The summed E-state index contributed by atoms with van der Waals surface area (Å²) in [6.07, 6.45) is 6.47. The molecular formula is C12H18N2. The van der Waals surface area contributed by atoms with Gasteiger partial charge in [-0.3, -0.25) is 4.98 Å². The molecule has 0 aromatic carbocycles. The van der Waals surface area contributed by atoms with Crippen LogP contribution in [0.3, 0.4) is 0 Å². The van der Waals surface area contributed by atoms with Crippen LogP contribution in [0.2, 0.25) is 0 Å². The lowest BCUT2D eigenvalue weighted by Crippen LogP contribution is -2.40. The molecular weight excluding hydrogens is 172 g/mol. The van der Waals surface area contributed by atoms with Gasteiger partial charge in [0.15, 0.2) is 0 Å². The van der Waals surface area contributed by atoms with Crippen LogP contribution in [0.5, 0.6) is 0 Å². The summed E-state index contributed by atoms with van der Waals surface area (Å²) in [6, 6.07) is 4.13. The zero-order chi connectivity index (χ0) is 10.0. The van der Waals surface area contributed by atoms with Crippen LogP contribution in [0.15, 0.2) is 24.5 Å². The summed E-state index contributed by atoms with van der Waals surface area (Å²) in [5.41, 5.74) is 1.61. The molecule has 1 fully saturated rings. The van der Waals surface area contributed by atoms with E-state index in [-0.39, 0.29) is 0 Å². The third-order valence-electron chi connectivity index (χ3n) is 3.10. The quantitative estimate of drug-likeness (QED) is 0.788. The van der Waals surface area contributed by atoms with Gasteiger partial charge in [0, 0.05) is 24.5 Å². The fourth-order valence-corrected chi connectivity index (χ4v) is 1.78. The van der Waals surface area contributed by atoms with Crippen LogP contribution in [0, 0.1) is 5.92 Å². The number of nitrogens with one attached hydrogen (secondary N) is 1. The molecule has 14 heavy (non-hydrogen) atoms. The molecule has 0 saturated heterocycles. The van der Waals surface area contributed by atoms with E-state index in [9.17, 15) is 0 Å². The van der Waals surface area contributed by atoms with Gasteiger partial charge in [-0.05, 0) is 50.3 Å². The van der Waals surface area contributed by atoms with Crippen molar-refractivity contribution in [1.82, 2.24) is 10.3 Å². The van der Waals surface area contributed by atoms with E-state index < -0.39 is 0 Å². The van der Waals surface area contributed by atoms with Crippen LogP contribution in [0.25, 0.3) is 0 Å². The second-order valence-corrected chi connectivity index (χ2v) is 4.70. The van der Waals surface area contributed by atoms with E-state index in [4.69, 9.17) is 0 Å². The van der Waals surface area contributed by atoms with E-state index >= 15 is 0 Å². The molecule has 1 aromatic rings. The number of hydrogen-bond donors (Lipinski definition) is 1. The van der Waals surface area contributed by atoms with Crippen LogP contribution in [0.4, 0.5) is 0 Å². The molecule has 76 valence electrons. The maximum Gasteiger partial charge on any atom is 0.0271 e. The fourth-order valence-electron chi connectivity index (χ4n) is 1.78. The minimum atomic E-state index is 0.295. The molecule has 0 amide bonds. The summed E-state index contributed by atoms with van der Waals surface area (Å²) in [5.74, 6) is 0.879. The Balaban J connectivity index is 1.87. The molecule has 1 heterocycles. The van der Waals surface area contributed by atoms with Crippen molar-refractivity contribution >= 4 is 0 Å².